The quantitative estimate of drug-likeness (QED) is 0.588. The summed E-state index contributed by atoms with van der Waals surface area (Å²) in [6.45, 7) is 1.37. The molecule has 25 heavy (non-hydrogen) atoms. The van der Waals surface area contributed by atoms with Crippen molar-refractivity contribution in [1.29, 1.82) is 0 Å². The predicted molar refractivity (Wildman–Crippen MR) is 102 cm³/mol. The zero-order valence-corrected chi connectivity index (χ0v) is 15.6. The minimum atomic E-state index is -1.11. The molecular formula is C18H17IN2O4. The standard InChI is InChI=1S/C18H17IN2O4/c1-11(22)20-15-4-2-3-13(10-15)17(23)21-16(18(24)25)9-12-5-7-14(19)8-6-12/h2-8,10,16H,9H2,1H3,(H,20,22)(H,21,23)(H,24,25)/t16-/m1/s1. The molecule has 0 unspecified atom stereocenters. The number of carboxylic acids is 1. The number of nitrogens with one attached hydrogen (secondary N) is 2. The van der Waals surface area contributed by atoms with Crippen LogP contribution in [-0.2, 0) is 16.0 Å². The van der Waals surface area contributed by atoms with Gasteiger partial charge in [0, 0.05) is 28.2 Å². The van der Waals surface area contributed by atoms with Gasteiger partial charge in [0.05, 0.1) is 0 Å². The second-order valence-corrected chi connectivity index (χ2v) is 6.70. The van der Waals surface area contributed by atoms with E-state index < -0.39 is 17.9 Å². The Morgan fingerprint density at radius 1 is 1.12 bits per heavy atom. The van der Waals surface area contributed by atoms with Crippen molar-refractivity contribution >= 4 is 46.1 Å². The van der Waals surface area contributed by atoms with Crippen LogP contribution < -0.4 is 10.6 Å². The van der Waals surface area contributed by atoms with E-state index in [1.807, 2.05) is 24.3 Å². The topological polar surface area (TPSA) is 95.5 Å². The zero-order valence-electron chi connectivity index (χ0n) is 13.5. The number of hydrogen-bond acceptors (Lipinski definition) is 3. The summed E-state index contributed by atoms with van der Waals surface area (Å²) in [4.78, 5) is 34.9. The van der Waals surface area contributed by atoms with Crippen molar-refractivity contribution in [2.75, 3.05) is 5.32 Å². The van der Waals surface area contributed by atoms with E-state index in [1.165, 1.54) is 13.0 Å². The first kappa shape index (κ1) is 18.9. The number of rotatable bonds is 6. The molecule has 7 heteroatoms. The molecule has 0 saturated heterocycles. The van der Waals surface area contributed by atoms with Crippen LogP contribution in [0.25, 0.3) is 0 Å². The summed E-state index contributed by atoms with van der Waals surface area (Å²) in [5, 5.41) is 14.5. The summed E-state index contributed by atoms with van der Waals surface area (Å²) in [6, 6.07) is 12.7. The van der Waals surface area contributed by atoms with Crippen LogP contribution in [0.4, 0.5) is 5.69 Å². The minimum absolute atomic E-state index is 0.184. The van der Waals surface area contributed by atoms with E-state index >= 15 is 0 Å². The number of benzene rings is 2. The van der Waals surface area contributed by atoms with Crippen LogP contribution in [0.3, 0.4) is 0 Å². The van der Waals surface area contributed by atoms with Gasteiger partial charge >= 0.3 is 5.97 Å². The highest BCUT2D eigenvalue weighted by molar-refractivity contribution is 14.1. The lowest BCUT2D eigenvalue weighted by Gasteiger charge is -2.15. The van der Waals surface area contributed by atoms with Gasteiger partial charge in [-0.3, -0.25) is 9.59 Å². The summed E-state index contributed by atoms with van der Waals surface area (Å²) in [5.41, 5.74) is 1.57. The van der Waals surface area contributed by atoms with Crippen molar-refractivity contribution < 1.29 is 19.5 Å². The van der Waals surface area contributed by atoms with E-state index in [2.05, 4.69) is 33.2 Å². The third-order valence-electron chi connectivity index (χ3n) is 3.40. The summed E-state index contributed by atoms with van der Waals surface area (Å²) in [7, 11) is 0. The summed E-state index contributed by atoms with van der Waals surface area (Å²) < 4.78 is 1.05. The highest BCUT2D eigenvalue weighted by atomic mass is 127. The third kappa shape index (κ3) is 5.86. The molecular weight excluding hydrogens is 435 g/mol. The average molecular weight is 452 g/mol. The van der Waals surface area contributed by atoms with Crippen molar-refractivity contribution in [2.45, 2.75) is 19.4 Å². The van der Waals surface area contributed by atoms with Gasteiger partial charge in [0.15, 0.2) is 0 Å². The molecule has 0 aromatic heterocycles. The Kier molecular flexibility index (Phi) is 6.51. The van der Waals surface area contributed by atoms with Crippen molar-refractivity contribution in [3.63, 3.8) is 0 Å². The normalized spacial score (nSPS) is 11.4. The maximum Gasteiger partial charge on any atom is 0.326 e. The maximum atomic E-state index is 12.4. The molecule has 2 aromatic carbocycles. The van der Waals surface area contributed by atoms with Gasteiger partial charge in [-0.1, -0.05) is 18.2 Å². The van der Waals surface area contributed by atoms with E-state index in [0.717, 1.165) is 9.13 Å². The van der Waals surface area contributed by atoms with Gasteiger partial charge in [0.1, 0.15) is 6.04 Å². The van der Waals surface area contributed by atoms with Crippen LogP contribution >= 0.6 is 22.6 Å². The molecule has 2 amide bonds. The lowest BCUT2D eigenvalue weighted by molar-refractivity contribution is -0.139. The van der Waals surface area contributed by atoms with E-state index in [-0.39, 0.29) is 17.9 Å². The second kappa shape index (κ2) is 8.61. The van der Waals surface area contributed by atoms with Gasteiger partial charge < -0.3 is 15.7 Å². The lowest BCUT2D eigenvalue weighted by Crippen LogP contribution is -2.42. The fourth-order valence-electron chi connectivity index (χ4n) is 2.24. The van der Waals surface area contributed by atoms with Crippen molar-refractivity contribution in [2.24, 2.45) is 0 Å². The summed E-state index contributed by atoms with van der Waals surface area (Å²) >= 11 is 2.17. The molecule has 3 N–H and O–H groups in total. The highest BCUT2D eigenvalue weighted by Gasteiger charge is 2.21. The Bertz CT molecular complexity index is 790. The first-order valence-electron chi connectivity index (χ1n) is 7.51. The molecule has 130 valence electrons. The molecule has 0 aliphatic carbocycles. The molecule has 0 aliphatic heterocycles. The number of aliphatic carboxylic acids is 1. The van der Waals surface area contributed by atoms with Gasteiger partial charge in [-0.25, -0.2) is 4.79 Å². The van der Waals surface area contributed by atoms with E-state index in [1.54, 1.807) is 18.2 Å². The van der Waals surface area contributed by atoms with Gasteiger partial charge in [0.2, 0.25) is 5.91 Å². The number of carboxylic acid groups (broad SMARTS) is 1. The number of hydrogen-bond donors (Lipinski definition) is 3. The number of carbonyl (C=O) groups is 3. The molecule has 0 heterocycles. The van der Waals surface area contributed by atoms with Crippen LogP contribution in [0.1, 0.15) is 22.8 Å². The molecule has 0 spiro atoms. The SMILES string of the molecule is CC(=O)Nc1cccc(C(=O)N[C@H](Cc2ccc(I)cc2)C(=O)O)c1. The summed E-state index contributed by atoms with van der Waals surface area (Å²) in [6.07, 6.45) is 0.184. The number of carbonyl (C=O) groups excluding carboxylic acids is 2. The fraction of sp³-hybridized carbons (Fsp3) is 0.167. The third-order valence-corrected chi connectivity index (χ3v) is 4.12. The molecule has 2 rings (SSSR count). The molecule has 6 nitrogen and oxygen atoms in total. The van der Waals surface area contributed by atoms with E-state index in [4.69, 9.17) is 0 Å². The maximum absolute atomic E-state index is 12.4. The number of amides is 2. The Hall–Kier alpha value is -2.42. The Morgan fingerprint density at radius 2 is 1.80 bits per heavy atom. The van der Waals surface area contributed by atoms with E-state index in [0.29, 0.717) is 5.69 Å². The van der Waals surface area contributed by atoms with Crippen molar-refractivity contribution in [3.8, 4) is 0 Å². The molecule has 0 fully saturated rings. The first-order chi connectivity index (χ1) is 11.8. The van der Waals surface area contributed by atoms with Gasteiger partial charge in [-0.2, -0.15) is 0 Å². The van der Waals surface area contributed by atoms with Crippen LogP contribution in [0.5, 0.6) is 0 Å². The molecule has 0 saturated carbocycles. The molecule has 0 aliphatic rings. The van der Waals surface area contributed by atoms with Crippen LogP contribution in [0, 0.1) is 3.57 Å². The average Bonchev–Trinajstić information content (AvgIpc) is 2.55. The second-order valence-electron chi connectivity index (χ2n) is 5.46. The Balaban J connectivity index is 2.11. The van der Waals surface area contributed by atoms with Crippen molar-refractivity contribution in [1.82, 2.24) is 5.32 Å². The Morgan fingerprint density at radius 3 is 2.40 bits per heavy atom. The highest BCUT2D eigenvalue weighted by Crippen LogP contribution is 2.12. The van der Waals surface area contributed by atoms with Gasteiger partial charge in [0.25, 0.3) is 5.91 Å². The molecule has 2 aromatic rings. The Labute approximate surface area is 158 Å². The fourth-order valence-corrected chi connectivity index (χ4v) is 2.60. The van der Waals surface area contributed by atoms with Crippen LogP contribution in [0.15, 0.2) is 48.5 Å². The van der Waals surface area contributed by atoms with Crippen molar-refractivity contribution in [3.05, 3.63) is 63.2 Å². The number of anilines is 1. The number of halogens is 1. The zero-order chi connectivity index (χ0) is 18.4. The predicted octanol–water partition coefficient (Wildman–Crippen LogP) is 2.68. The smallest absolute Gasteiger partial charge is 0.326 e. The molecule has 0 radical (unpaired) electrons. The monoisotopic (exact) mass is 452 g/mol. The largest absolute Gasteiger partial charge is 0.480 e. The summed E-state index contributed by atoms with van der Waals surface area (Å²) in [5.74, 6) is -1.87. The molecule has 1 atom stereocenters. The minimum Gasteiger partial charge on any atom is -0.480 e. The molecule has 0 bridgehead atoms. The van der Waals surface area contributed by atoms with E-state index in [9.17, 15) is 19.5 Å². The van der Waals surface area contributed by atoms with Crippen LogP contribution in [-0.4, -0.2) is 28.9 Å². The van der Waals surface area contributed by atoms with Gasteiger partial charge in [-0.15, -0.1) is 0 Å². The van der Waals surface area contributed by atoms with Crippen LogP contribution in [0.2, 0.25) is 0 Å². The lowest BCUT2D eigenvalue weighted by atomic mass is 10.1. The first-order valence-corrected chi connectivity index (χ1v) is 8.59. The van der Waals surface area contributed by atoms with Gasteiger partial charge in [-0.05, 0) is 58.5 Å².